The summed E-state index contributed by atoms with van der Waals surface area (Å²) >= 11 is 0. The number of rotatable bonds is 15. The number of carbonyl (C=O) groups excluding carboxylic acids is 3. The zero-order valence-corrected chi connectivity index (χ0v) is 16.2. The van der Waals surface area contributed by atoms with Gasteiger partial charge in [-0.25, -0.2) is 0 Å². The Hall–Kier alpha value is -1.63. The fourth-order valence-electron chi connectivity index (χ4n) is 2.16. The van der Waals surface area contributed by atoms with Crippen LogP contribution in [0.1, 0.15) is 59.3 Å². The van der Waals surface area contributed by atoms with E-state index in [1.54, 1.807) is 4.90 Å². The molecule has 7 nitrogen and oxygen atoms in total. The molecule has 3 N–H and O–H groups in total. The summed E-state index contributed by atoms with van der Waals surface area (Å²) in [5.41, 5.74) is 0. The minimum Gasteiger partial charge on any atom is -0.355 e. The molecule has 0 aromatic rings. The van der Waals surface area contributed by atoms with Crippen LogP contribution in [0.5, 0.6) is 0 Å². The molecule has 3 amide bonds. The minimum atomic E-state index is -0.156. The predicted octanol–water partition coefficient (Wildman–Crippen LogP) is 1.04. The van der Waals surface area contributed by atoms with E-state index in [0.717, 1.165) is 38.5 Å². The predicted molar refractivity (Wildman–Crippen MR) is 100 cm³/mol. The molecule has 0 bridgehead atoms. The van der Waals surface area contributed by atoms with Crippen molar-refractivity contribution in [3.63, 3.8) is 0 Å². The molecule has 0 aliphatic heterocycles. The van der Waals surface area contributed by atoms with Gasteiger partial charge in [0.05, 0.1) is 19.6 Å². The largest absolute Gasteiger partial charge is 0.355 e. The van der Waals surface area contributed by atoms with Gasteiger partial charge in [-0.3, -0.25) is 19.3 Å². The highest BCUT2D eigenvalue weighted by Crippen LogP contribution is 1.92. The van der Waals surface area contributed by atoms with Gasteiger partial charge in [0.2, 0.25) is 17.7 Å². The molecule has 146 valence electrons. The molecule has 7 heteroatoms. The van der Waals surface area contributed by atoms with E-state index in [9.17, 15) is 14.4 Å². The van der Waals surface area contributed by atoms with E-state index in [4.69, 9.17) is 0 Å². The van der Waals surface area contributed by atoms with Gasteiger partial charge in [-0.05, 0) is 19.3 Å². The molecule has 25 heavy (non-hydrogen) atoms. The Morgan fingerprint density at radius 3 is 1.12 bits per heavy atom. The summed E-state index contributed by atoms with van der Waals surface area (Å²) in [6, 6.07) is 0. The fraction of sp³-hybridized carbons (Fsp3) is 0.833. The summed E-state index contributed by atoms with van der Waals surface area (Å²) in [5, 5.41) is 8.46. The second-order valence-electron chi connectivity index (χ2n) is 6.26. The van der Waals surface area contributed by atoms with Gasteiger partial charge >= 0.3 is 0 Å². The van der Waals surface area contributed by atoms with Crippen molar-refractivity contribution in [2.45, 2.75) is 59.3 Å². The van der Waals surface area contributed by atoms with Crippen LogP contribution in [-0.2, 0) is 14.4 Å². The van der Waals surface area contributed by atoms with Crippen LogP contribution in [0.2, 0.25) is 0 Å². The summed E-state index contributed by atoms with van der Waals surface area (Å²) in [5.74, 6) is -0.469. The number of nitrogens with one attached hydrogen (secondary N) is 3. The Morgan fingerprint density at radius 2 is 0.880 bits per heavy atom. The third-order valence-corrected chi connectivity index (χ3v) is 3.66. The van der Waals surface area contributed by atoms with Crippen molar-refractivity contribution in [2.24, 2.45) is 0 Å². The molecule has 0 spiro atoms. The molecular weight excluding hydrogens is 320 g/mol. The number of amides is 3. The Kier molecular flexibility index (Phi) is 14.8. The summed E-state index contributed by atoms with van der Waals surface area (Å²) in [7, 11) is 0. The Bertz CT molecular complexity index is 331. The maximum atomic E-state index is 12.0. The van der Waals surface area contributed by atoms with Crippen molar-refractivity contribution in [1.82, 2.24) is 20.9 Å². The quantitative estimate of drug-likeness (QED) is 0.382. The molecule has 0 aliphatic rings. The summed E-state index contributed by atoms with van der Waals surface area (Å²) in [6.07, 6.45) is 5.76. The second kappa shape index (κ2) is 15.9. The van der Waals surface area contributed by atoms with Gasteiger partial charge in [-0.1, -0.05) is 40.0 Å². The highest BCUT2D eigenvalue weighted by molar-refractivity contribution is 5.84. The van der Waals surface area contributed by atoms with Gasteiger partial charge in [0, 0.05) is 19.6 Å². The van der Waals surface area contributed by atoms with E-state index in [0.29, 0.717) is 19.6 Å². The molecule has 0 aliphatic carbocycles. The topological polar surface area (TPSA) is 90.5 Å². The van der Waals surface area contributed by atoms with Gasteiger partial charge in [-0.15, -0.1) is 0 Å². The van der Waals surface area contributed by atoms with Crippen LogP contribution >= 0.6 is 0 Å². The van der Waals surface area contributed by atoms with Crippen LogP contribution in [0.4, 0.5) is 0 Å². The lowest BCUT2D eigenvalue weighted by molar-refractivity contribution is -0.127. The zero-order valence-electron chi connectivity index (χ0n) is 16.2. The Morgan fingerprint density at radius 1 is 0.600 bits per heavy atom. The maximum Gasteiger partial charge on any atom is 0.234 e. The SMILES string of the molecule is CCCCNC(=O)CN(CC(=O)NCCCC)CC(=O)NCCCC. The van der Waals surface area contributed by atoms with Crippen LogP contribution in [0, 0.1) is 0 Å². The first-order chi connectivity index (χ1) is 12.0. The van der Waals surface area contributed by atoms with Gasteiger partial charge in [-0.2, -0.15) is 0 Å². The fourth-order valence-corrected chi connectivity index (χ4v) is 2.16. The van der Waals surface area contributed by atoms with E-state index < -0.39 is 0 Å². The average molecular weight is 357 g/mol. The molecule has 0 fully saturated rings. The third-order valence-electron chi connectivity index (χ3n) is 3.66. The molecule has 0 radical (unpaired) electrons. The molecule has 0 saturated heterocycles. The first-order valence-corrected chi connectivity index (χ1v) is 9.55. The van der Waals surface area contributed by atoms with Crippen molar-refractivity contribution < 1.29 is 14.4 Å². The normalized spacial score (nSPS) is 10.6. The van der Waals surface area contributed by atoms with E-state index >= 15 is 0 Å². The first-order valence-electron chi connectivity index (χ1n) is 9.55. The molecule has 0 aromatic heterocycles. The summed E-state index contributed by atoms with van der Waals surface area (Å²) in [6.45, 7) is 8.17. The van der Waals surface area contributed by atoms with E-state index in [1.165, 1.54) is 0 Å². The smallest absolute Gasteiger partial charge is 0.234 e. The number of hydrogen-bond donors (Lipinski definition) is 3. The van der Waals surface area contributed by atoms with Crippen molar-refractivity contribution in [3.05, 3.63) is 0 Å². The molecule has 0 heterocycles. The van der Waals surface area contributed by atoms with Gasteiger partial charge in [0.1, 0.15) is 0 Å². The van der Waals surface area contributed by atoms with Crippen LogP contribution in [-0.4, -0.2) is 61.9 Å². The number of nitrogens with zero attached hydrogens (tertiary/aromatic N) is 1. The van der Waals surface area contributed by atoms with Crippen molar-refractivity contribution >= 4 is 17.7 Å². The molecule has 0 atom stereocenters. The third kappa shape index (κ3) is 14.4. The number of unbranched alkanes of at least 4 members (excludes halogenated alkanes) is 3. The van der Waals surface area contributed by atoms with Gasteiger partial charge in [0.15, 0.2) is 0 Å². The number of carbonyl (C=O) groups is 3. The second-order valence-corrected chi connectivity index (χ2v) is 6.26. The maximum absolute atomic E-state index is 12.0. The molecular formula is C18H36N4O3. The first kappa shape index (κ1) is 23.4. The van der Waals surface area contributed by atoms with Crippen molar-refractivity contribution in [3.8, 4) is 0 Å². The van der Waals surface area contributed by atoms with Crippen LogP contribution in [0.3, 0.4) is 0 Å². The molecule has 0 unspecified atom stereocenters. The molecule has 0 saturated carbocycles. The zero-order chi connectivity index (χ0) is 18.9. The summed E-state index contributed by atoms with van der Waals surface area (Å²) in [4.78, 5) is 37.6. The van der Waals surface area contributed by atoms with Gasteiger partial charge in [0.25, 0.3) is 0 Å². The van der Waals surface area contributed by atoms with E-state index in [2.05, 4.69) is 36.7 Å². The average Bonchev–Trinajstić information content (AvgIpc) is 2.55. The van der Waals surface area contributed by atoms with Crippen LogP contribution in [0.25, 0.3) is 0 Å². The molecule has 0 aromatic carbocycles. The van der Waals surface area contributed by atoms with Crippen LogP contribution in [0.15, 0.2) is 0 Å². The van der Waals surface area contributed by atoms with Gasteiger partial charge < -0.3 is 16.0 Å². The lowest BCUT2D eigenvalue weighted by atomic mass is 10.3. The van der Waals surface area contributed by atoms with E-state index in [-0.39, 0.29) is 37.4 Å². The highest BCUT2D eigenvalue weighted by Gasteiger charge is 2.17. The lowest BCUT2D eigenvalue weighted by Crippen LogP contribution is -2.47. The van der Waals surface area contributed by atoms with E-state index in [1.807, 2.05) is 0 Å². The highest BCUT2D eigenvalue weighted by atomic mass is 16.2. The number of hydrogen-bond acceptors (Lipinski definition) is 4. The summed E-state index contributed by atoms with van der Waals surface area (Å²) < 4.78 is 0. The van der Waals surface area contributed by atoms with Crippen molar-refractivity contribution in [2.75, 3.05) is 39.3 Å². The lowest BCUT2D eigenvalue weighted by Gasteiger charge is -2.21. The standard InChI is InChI=1S/C18H36N4O3/c1-4-7-10-19-16(23)13-22(14-17(24)20-11-8-5-2)15-18(25)21-12-9-6-3/h4-15H2,1-3H3,(H,19,23)(H,20,24)(H,21,25). The Labute approximate surface area is 152 Å². The molecule has 0 rings (SSSR count). The minimum absolute atomic E-state index is 0.0477. The van der Waals surface area contributed by atoms with Crippen LogP contribution < -0.4 is 16.0 Å². The Balaban J connectivity index is 4.44. The monoisotopic (exact) mass is 356 g/mol. The van der Waals surface area contributed by atoms with Crippen molar-refractivity contribution in [1.29, 1.82) is 0 Å².